The Bertz CT molecular complexity index is 242. The first kappa shape index (κ1) is 15.8. The van der Waals surface area contributed by atoms with Gasteiger partial charge in [-0.05, 0) is 45.3 Å². The van der Waals surface area contributed by atoms with Gasteiger partial charge >= 0.3 is 0 Å². The van der Waals surface area contributed by atoms with E-state index in [0.717, 1.165) is 38.9 Å². The smallest absolute Gasteiger partial charge is 0.264 e. The van der Waals surface area contributed by atoms with Crippen molar-refractivity contribution in [2.24, 2.45) is 5.73 Å². The third-order valence-corrected chi connectivity index (χ3v) is 3.12. The van der Waals surface area contributed by atoms with Crippen LogP contribution in [0.1, 0.15) is 38.5 Å². The van der Waals surface area contributed by atoms with Crippen molar-refractivity contribution in [3.63, 3.8) is 0 Å². The zero-order valence-corrected chi connectivity index (χ0v) is 10.6. The number of hydrogen-bond acceptors (Lipinski definition) is 4. The zero-order chi connectivity index (χ0) is 12.3. The first-order chi connectivity index (χ1) is 7.56. The number of rotatable bonds is 11. The van der Waals surface area contributed by atoms with E-state index < -0.39 is 10.1 Å². The predicted molar refractivity (Wildman–Crippen MR) is 66.0 cm³/mol. The first-order valence-electron chi connectivity index (χ1n) is 5.92. The molecule has 0 bridgehead atoms. The minimum atomic E-state index is -3.77. The summed E-state index contributed by atoms with van der Waals surface area (Å²) in [7, 11) is -3.77. The number of nitrogens with one attached hydrogen (secondary N) is 1. The molecule has 0 amide bonds. The largest absolute Gasteiger partial charge is 0.330 e. The Kier molecular flexibility index (Phi) is 9.91. The SMILES string of the molecule is NCCCCCCNCCCCS(=O)(=O)O. The second kappa shape index (κ2) is 10.0. The molecule has 0 saturated carbocycles. The van der Waals surface area contributed by atoms with Crippen molar-refractivity contribution < 1.29 is 13.0 Å². The number of hydrogen-bond donors (Lipinski definition) is 3. The van der Waals surface area contributed by atoms with Gasteiger partial charge in [0.2, 0.25) is 0 Å². The Morgan fingerprint density at radius 1 is 0.938 bits per heavy atom. The van der Waals surface area contributed by atoms with Crippen molar-refractivity contribution in [1.82, 2.24) is 5.32 Å². The van der Waals surface area contributed by atoms with Crippen LogP contribution in [0.4, 0.5) is 0 Å². The molecule has 0 fully saturated rings. The summed E-state index contributed by atoms with van der Waals surface area (Å²) in [6, 6.07) is 0. The Labute approximate surface area is 98.5 Å². The van der Waals surface area contributed by atoms with E-state index in [4.69, 9.17) is 10.3 Å². The highest BCUT2D eigenvalue weighted by atomic mass is 32.2. The fourth-order valence-electron chi connectivity index (χ4n) is 1.41. The molecule has 4 N–H and O–H groups in total. The van der Waals surface area contributed by atoms with Crippen LogP contribution in [0, 0.1) is 0 Å². The van der Waals surface area contributed by atoms with Crippen molar-refractivity contribution in [3.05, 3.63) is 0 Å². The topological polar surface area (TPSA) is 92.4 Å². The van der Waals surface area contributed by atoms with Gasteiger partial charge in [0, 0.05) is 0 Å². The lowest BCUT2D eigenvalue weighted by Crippen LogP contribution is -2.17. The molecule has 0 atom stereocenters. The van der Waals surface area contributed by atoms with Gasteiger partial charge in [0.1, 0.15) is 0 Å². The van der Waals surface area contributed by atoms with Gasteiger partial charge in [0.05, 0.1) is 5.75 Å². The summed E-state index contributed by atoms with van der Waals surface area (Å²) in [5, 5.41) is 3.24. The molecule has 98 valence electrons. The van der Waals surface area contributed by atoms with Crippen molar-refractivity contribution >= 4 is 10.1 Å². The van der Waals surface area contributed by atoms with E-state index in [1.54, 1.807) is 0 Å². The summed E-state index contributed by atoms with van der Waals surface area (Å²) < 4.78 is 29.3. The van der Waals surface area contributed by atoms with E-state index in [-0.39, 0.29) is 5.75 Å². The van der Waals surface area contributed by atoms with E-state index in [9.17, 15) is 8.42 Å². The second-order valence-electron chi connectivity index (χ2n) is 3.95. The molecule has 0 aromatic carbocycles. The van der Waals surface area contributed by atoms with Gasteiger partial charge in [-0.3, -0.25) is 4.55 Å². The van der Waals surface area contributed by atoms with Crippen LogP contribution in [0.15, 0.2) is 0 Å². The van der Waals surface area contributed by atoms with Crippen molar-refractivity contribution in [1.29, 1.82) is 0 Å². The van der Waals surface area contributed by atoms with E-state index in [1.807, 2.05) is 0 Å². The van der Waals surface area contributed by atoms with Crippen molar-refractivity contribution in [3.8, 4) is 0 Å². The monoisotopic (exact) mass is 252 g/mol. The highest BCUT2D eigenvalue weighted by molar-refractivity contribution is 7.85. The fourth-order valence-corrected chi connectivity index (χ4v) is 1.98. The van der Waals surface area contributed by atoms with Crippen LogP contribution in [0.25, 0.3) is 0 Å². The standard InChI is InChI=1S/C10H24N2O3S/c11-7-3-1-2-4-8-12-9-5-6-10-16(13,14)15/h12H,1-11H2,(H,13,14,15). The predicted octanol–water partition coefficient (Wildman–Crippen LogP) is 0.763. The fraction of sp³-hybridized carbons (Fsp3) is 1.00. The summed E-state index contributed by atoms with van der Waals surface area (Å²) in [4.78, 5) is 0. The lowest BCUT2D eigenvalue weighted by Gasteiger charge is -2.04. The normalized spacial score (nSPS) is 11.9. The molecule has 0 aliphatic carbocycles. The third-order valence-electron chi connectivity index (χ3n) is 2.31. The van der Waals surface area contributed by atoms with Crippen LogP contribution < -0.4 is 11.1 Å². The van der Waals surface area contributed by atoms with Crippen LogP contribution >= 0.6 is 0 Å². The molecule has 6 heteroatoms. The van der Waals surface area contributed by atoms with Gasteiger partial charge in [-0.15, -0.1) is 0 Å². The molecule has 0 radical (unpaired) electrons. The molecule has 0 aliphatic rings. The van der Waals surface area contributed by atoms with Crippen molar-refractivity contribution in [2.75, 3.05) is 25.4 Å². The Morgan fingerprint density at radius 3 is 2.06 bits per heavy atom. The summed E-state index contributed by atoms with van der Waals surface area (Å²) in [5.41, 5.74) is 5.37. The van der Waals surface area contributed by atoms with E-state index in [0.29, 0.717) is 6.42 Å². The van der Waals surface area contributed by atoms with Gasteiger partial charge in [-0.25, -0.2) is 0 Å². The Hall–Kier alpha value is -0.170. The average molecular weight is 252 g/mol. The minimum Gasteiger partial charge on any atom is -0.330 e. The maximum atomic E-state index is 10.4. The average Bonchev–Trinajstić information content (AvgIpc) is 2.19. The van der Waals surface area contributed by atoms with E-state index >= 15 is 0 Å². The van der Waals surface area contributed by atoms with Crippen LogP contribution in [0.2, 0.25) is 0 Å². The molecule has 0 heterocycles. The number of nitrogens with two attached hydrogens (primary N) is 1. The lowest BCUT2D eigenvalue weighted by molar-refractivity contribution is 0.479. The maximum absolute atomic E-state index is 10.4. The van der Waals surface area contributed by atoms with Gasteiger partial charge in [0.25, 0.3) is 10.1 Å². The highest BCUT2D eigenvalue weighted by Gasteiger charge is 2.02. The molecule has 0 aromatic heterocycles. The molecule has 0 unspecified atom stereocenters. The maximum Gasteiger partial charge on any atom is 0.264 e. The molecular formula is C10H24N2O3S. The molecule has 0 aromatic rings. The third kappa shape index (κ3) is 13.8. The summed E-state index contributed by atoms with van der Waals surface area (Å²) in [6.45, 7) is 2.55. The molecule has 0 spiro atoms. The van der Waals surface area contributed by atoms with Crippen LogP contribution in [-0.2, 0) is 10.1 Å². The summed E-state index contributed by atoms with van der Waals surface area (Å²) >= 11 is 0. The zero-order valence-electron chi connectivity index (χ0n) is 9.82. The molecule has 16 heavy (non-hydrogen) atoms. The van der Waals surface area contributed by atoms with Crippen LogP contribution in [0.3, 0.4) is 0 Å². The van der Waals surface area contributed by atoms with E-state index in [1.165, 1.54) is 12.8 Å². The summed E-state index contributed by atoms with van der Waals surface area (Å²) in [6.07, 6.45) is 5.89. The lowest BCUT2D eigenvalue weighted by atomic mass is 10.2. The summed E-state index contributed by atoms with van der Waals surface area (Å²) in [5.74, 6) is -0.134. The highest BCUT2D eigenvalue weighted by Crippen LogP contribution is 1.97. The molecular weight excluding hydrogens is 228 g/mol. The van der Waals surface area contributed by atoms with Gasteiger partial charge in [0.15, 0.2) is 0 Å². The molecule has 0 rings (SSSR count). The minimum absolute atomic E-state index is 0.134. The molecule has 0 saturated heterocycles. The van der Waals surface area contributed by atoms with Crippen molar-refractivity contribution in [2.45, 2.75) is 38.5 Å². The molecule has 0 aliphatic heterocycles. The Balaban J connectivity index is 3.05. The quantitative estimate of drug-likeness (QED) is 0.373. The molecule has 5 nitrogen and oxygen atoms in total. The van der Waals surface area contributed by atoms with Crippen LogP contribution in [-0.4, -0.2) is 38.4 Å². The number of unbranched alkanes of at least 4 members (excludes halogenated alkanes) is 4. The van der Waals surface area contributed by atoms with Gasteiger partial charge < -0.3 is 11.1 Å². The second-order valence-corrected chi connectivity index (χ2v) is 5.52. The first-order valence-corrected chi connectivity index (χ1v) is 7.53. The van der Waals surface area contributed by atoms with Gasteiger partial charge in [-0.1, -0.05) is 12.8 Å². The Morgan fingerprint density at radius 2 is 1.50 bits per heavy atom. The van der Waals surface area contributed by atoms with Crippen LogP contribution in [0.5, 0.6) is 0 Å². The van der Waals surface area contributed by atoms with E-state index in [2.05, 4.69) is 5.32 Å². The van der Waals surface area contributed by atoms with Gasteiger partial charge in [-0.2, -0.15) is 8.42 Å².